The van der Waals surface area contributed by atoms with Gasteiger partial charge in [0.2, 0.25) is 17.8 Å². The van der Waals surface area contributed by atoms with Gasteiger partial charge in [-0.05, 0) is 6.92 Å². The van der Waals surface area contributed by atoms with Crippen molar-refractivity contribution >= 4 is 23.6 Å². The quantitative estimate of drug-likeness (QED) is 0.757. The number of hydrogen-bond donors (Lipinski definition) is 0. The number of nitrogens with zero attached hydrogens (tertiary/aromatic N) is 6. The molecule has 0 atom stereocenters. The van der Waals surface area contributed by atoms with E-state index in [1.165, 1.54) is 0 Å². The molecule has 0 aromatic carbocycles. The van der Waals surface area contributed by atoms with Crippen molar-refractivity contribution in [3.8, 4) is 0 Å². The molecule has 0 unspecified atom stereocenters. The van der Waals surface area contributed by atoms with E-state index < -0.39 is 0 Å². The Morgan fingerprint density at radius 2 is 1.28 bits per heavy atom. The van der Waals surface area contributed by atoms with E-state index in [9.17, 15) is 9.59 Å². The molecule has 2 saturated heterocycles. The number of aryl methyl sites for hydroxylation is 1. The molecule has 0 spiro atoms. The molecule has 8 nitrogen and oxygen atoms in total. The predicted octanol–water partition coefficient (Wildman–Crippen LogP) is 0.122. The van der Waals surface area contributed by atoms with E-state index in [-0.39, 0.29) is 11.8 Å². The highest BCUT2D eigenvalue weighted by Gasteiger charge is 2.23. The van der Waals surface area contributed by atoms with Crippen LogP contribution in [0.5, 0.6) is 0 Å². The lowest BCUT2D eigenvalue weighted by Gasteiger charge is -2.36. The zero-order chi connectivity index (χ0) is 18.0. The second kappa shape index (κ2) is 7.25. The molecule has 0 N–H and O–H groups in total. The van der Waals surface area contributed by atoms with E-state index >= 15 is 0 Å². The summed E-state index contributed by atoms with van der Waals surface area (Å²) in [7, 11) is 0. The molecule has 2 aliphatic heterocycles. The van der Waals surface area contributed by atoms with Crippen LogP contribution in [0, 0.1) is 6.92 Å². The fraction of sp³-hybridized carbons (Fsp3) is 0.647. The molecule has 136 valence electrons. The van der Waals surface area contributed by atoms with Gasteiger partial charge in [-0.2, -0.15) is 4.98 Å². The highest BCUT2D eigenvalue weighted by Crippen LogP contribution is 2.20. The van der Waals surface area contributed by atoms with Crippen LogP contribution in [-0.4, -0.2) is 83.9 Å². The minimum absolute atomic E-state index is 0.119. The first-order chi connectivity index (χ1) is 11.9. The van der Waals surface area contributed by atoms with Crippen molar-refractivity contribution in [1.29, 1.82) is 0 Å². The van der Waals surface area contributed by atoms with E-state index in [0.29, 0.717) is 13.1 Å². The number of anilines is 2. The van der Waals surface area contributed by atoms with E-state index in [0.717, 1.165) is 56.7 Å². The molecule has 0 bridgehead atoms. The Kier molecular flexibility index (Phi) is 5.06. The van der Waals surface area contributed by atoms with Gasteiger partial charge in [0.05, 0.1) is 0 Å². The first-order valence-electron chi connectivity index (χ1n) is 8.80. The fourth-order valence-corrected chi connectivity index (χ4v) is 3.31. The van der Waals surface area contributed by atoms with Crippen LogP contribution in [0.2, 0.25) is 0 Å². The lowest BCUT2D eigenvalue weighted by molar-refractivity contribution is -0.129. The lowest BCUT2D eigenvalue weighted by Crippen LogP contribution is -2.49. The maximum atomic E-state index is 11.5. The molecular weight excluding hydrogens is 320 g/mol. The van der Waals surface area contributed by atoms with Gasteiger partial charge >= 0.3 is 0 Å². The summed E-state index contributed by atoms with van der Waals surface area (Å²) in [5, 5.41) is 0. The highest BCUT2D eigenvalue weighted by atomic mass is 16.2. The van der Waals surface area contributed by atoms with Gasteiger partial charge in [-0.3, -0.25) is 9.59 Å². The van der Waals surface area contributed by atoms with E-state index in [4.69, 9.17) is 4.98 Å². The molecule has 1 aromatic rings. The third-order valence-electron chi connectivity index (χ3n) is 4.89. The second-order valence-corrected chi connectivity index (χ2v) is 6.65. The van der Waals surface area contributed by atoms with Gasteiger partial charge < -0.3 is 19.6 Å². The highest BCUT2D eigenvalue weighted by molar-refractivity contribution is 5.74. The maximum absolute atomic E-state index is 11.5. The monoisotopic (exact) mass is 346 g/mol. The summed E-state index contributed by atoms with van der Waals surface area (Å²) < 4.78 is 0. The van der Waals surface area contributed by atoms with Crippen LogP contribution in [0.15, 0.2) is 6.07 Å². The molecule has 3 rings (SSSR count). The minimum Gasteiger partial charge on any atom is -0.353 e. The van der Waals surface area contributed by atoms with E-state index in [1.807, 2.05) is 22.8 Å². The SMILES string of the molecule is CC(=O)N1CCN(c2cc(C)nc(N3CCN(C(C)=O)CC3)n2)CC1. The van der Waals surface area contributed by atoms with Crippen molar-refractivity contribution in [2.24, 2.45) is 0 Å². The predicted molar refractivity (Wildman–Crippen MR) is 95.7 cm³/mol. The third kappa shape index (κ3) is 4.00. The van der Waals surface area contributed by atoms with Crippen molar-refractivity contribution in [1.82, 2.24) is 19.8 Å². The number of rotatable bonds is 2. The molecule has 2 amide bonds. The van der Waals surface area contributed by atoms with Gasteiger partial charge in [-0.1, -0.05) is 0 Å². The number of carbonyl (C=O) groups is 2. The summed E-state index contributed by atoms with van der Waals surface area (Å²) in [6, 6.07) is 2.00. The Hall–Kier alpha value is -2.38. The molecule has 1 aromatic heterocycles. The van der Waals surface area contributed by atoms with Gasteiger partial charge in [-0.25, -0.2) is 4.98 Å². The molecule has 8 heteroatoms. The molecule has 3 heterocycles. The molecule has 0 saturated carbocycles. The van der Waals surface area contributed by atoms with Crippen LogP contribution in [0.25, 0.3) is 0 Å². The molecule has 0 aliphatic carbocycles. The number of piperazine rings is 2. The van der Waals surface area contributed by atoms with Crippen molar-refractivity contribution in [3.63, 3.8) is 0 Å². The van der Waals surface area contributed by atoms with Gasteiger partial charge in [-0.15, -0.1) is 0 Å². The normalized spacial score (nSPS) is 18.5. The van der Waals surface area contributed by atoms with E-state index in [2.05, 4.69) is 14.8 Å². The molecule has 25 heavy (non-hydrogen) atoms. The van der Waals surface area contributed by atoms with Gasteiger partial charge in [0.15, 0.2) is 0 Å². The van der Waals surface area contributed by atoms with Crippen LogP contribution < -0.4 is 9.80 Å². The topological polar surface area (TPSA) is 72.9 Å². The zero-order valence-corrected chi connectivity index (χ0v) is 15.2. The Bertz CT molecular complexity index is 596. The number of hydrogen-bond acceptors (Lipinski definition) is 6. The number of aromatic nitrogens is 2. The molecular formula is C17H26N6O2. The molecule has 2 aliphatic rings. The Morgan fingerprint density at radius 3 is 1.76 bits per heavy atom. The van der Waals surface area contributed by atoms with Crippen LogP contribution >= 0.6 is 0 Å². The van der Waals surface area contributed by atoms with Crippen LogP contribution in [0.4, 0.5) is 11.8 Å². The van der Waals surface area contributed by atoms with Crippen molar-refractivity contribution in [3.05, 3.63) is 11.8 Å². The Labute approximate surface area is 148 Å². The number of carbonyl (C=O) groups excluding carboxylic acids is 2. The number of amides is 2. The first-order valence-corrected chi connectivity index (χ1v) is 8.80. The second-order valence-electron chi connectivity index (χ2n) is 6.65. The first kappa shape index (κ1) is 17.4. The summed E-state index contributed by atoms with van der Waals surface area (Å²) in [5.41, 5.74) is 0.933. The lowest BCUT2D eigenvalue weighted by atomic mass is 10.3. The van der Waals surface area contributed by atoms with Crippen LogP contribution in [0.3, 0.4) is 0 Å². The van der Waals surface area contributed by atoms with Crippen molar-refractivity contribution in [2.75, 3.05) is 62.2 Å². The van der Waals surface area contributed by atoms with Gasteiger partial charge in [0, 0.05) is 78.0 Å². The summed E-state index contributed by atoms with van der Waals surface area (Å²) in [6.45, 7) is 11.1. The summed E-state index contributed by atoms with van der Waals surface area (Å²) in [5.74, 6) is 1.89. The van der Waals surface area contributed by atoms with Gasteiger partial charge in [0.1, 0.15) is 5.82 Å². The molecule has 0 radical (unpaired) electrons. The van der Waals surface area contributed by atoms with Crippen molar-refractivity contribution < 1.29 is 9.59 Å². The Morgan fingerprint density at radius 1 is 0.800 bits per heavy atom. The smallest absolute Gasteiger partial charge is 0.227 e. The van der Waals surface area contributed by atoms with Crippen LogP contribution in [-0.2, 0) is 9.59 Å². The summed E-state index contributed by atoms with van der Waals surface area (Å²) in [6.07, 6.45) is 0. The fourth-order valence-electron chi connectivity index (χ4n) is 3.31. The summed E-state index contributed by atoms with van der Waals surface area (Å²) >= 11 is 0. The zero-order valence-electron chi connectivity index (χ0n) is 15.2. The van der Waals surface area contributed by atoms with Crippen LogP contribution in [0.1, 0.15) is 19.5 Å². The maximum Gasteiger partial charge on any atom is 0.227 e. The average molecular weight is 346 g/mol. The van der Waals surface area contributed by atoms with Gasteiger partial charge in [0.25, 0.3) is 0 Å². The molecule has 2 fully saturated rings. The standard InChI is InChI=1S/C17H26N6O2/c1-13-12-16(22-8-4-20(5-9-22)14(2)24)19-17(18-13)23-10-6-21(7-11-23)15(3)25/h12H,4-11H2,1-3H3. The summed E-state index contributed by atoms with van der Waals surface area (Å²) in [4.78, 5) is 40.4. The largest absolute Gasteiger partial charge is 0.353 e. The average Bonchev–Trinajstić information content (AvgIpc) is 2.61. The van der Waals surface area contributed by atoms with Crippen molar-refractivity contribution in [2.45, 2.75) is 20.8 Å². The van der Waals surface area contributed by atoms with E-state index in [1.54, 1.807) is 13.8 Å². The minimum atomic E-state index is 0.119. The third-order valence-corrected chi connectivity index (χ3v) is 4.89. The Balaban J connectivity index is 1.69.